The second-order valence-corrected chi connectivity index (χ2v) is 7.39. The summed E-state index contributed by atoms with van der Waals surface area (Å²) in [6.45, 7) is 6.57. The summed E-state index contributed by atoms with van der Waals surface area (Å²) in [5.74, 6) is 0. The standard InChI is InChI=1S/C14H21N3O4S/c1-3-12(2)15-8-10-16(11-9-15)22(20,21)14-6-4-13(5-7-14)17(18)19/h4-7,12H,3,8-11H2,1-2H3/t12-/m0/s1. The molecule has 1 saturated heterocycles. The molecule has 0 unspecified atom stereocenters. The van der Waals surface area contributed by atoms with Crippen molar-refractivity contribution in [2.45, 2.75) is 31.2 Å². The van der Waals surface area contributed by atoms with Gasteiger partial charge in [-0.1, -0.05) is 6.92 Å². The molecule has 7 nitrogen and oxygen atoms in total. The topological polar surface area (TPSA) is 83.8 Å². The third-order valence-electron chi connectivity index (χ3n) is 4.17. The number of hydrogen-bond donors (Lipinski definition) is 0. The Morgan fingerprint density at radius 2 is 1.73 bits per heavy atom. The molecule has 8 heteroatoms. The Hall–Kier alpha value is -1.51. The van der Waals surface area contributed by atoms with Gasteiger partial charge in [-0.3, -0.25) is 15.0 Å². The van der Waals surface area contributed by atoms with E-state index < -0.39 is 14.9 Å². The van der Waals surface area contributed by atoms with Gasteiger partial charge in [0.2, 0.25) is 10.0 Å². The minimum atomic E-state index is -3.58. The van der Waals surface area contributed by atoms with E-state index in [2.05, 4.69) is 18.7 Å². The maximum Gasteiger partial charge on any atom is 0.269 e. The first-order valence-electron chi connectivity index (χ1n) is 7.35. The van der Waals surface area contributed by atoms with Gasteiger partial charge < -0.3 is 0 Å². The Kier molecular flexibility index (Phi) is 5.15. The smallest absolute Gasteiger partial charge is 0.269 e. The summed E-state index contributed by atoms with van der Waals surface area (Å²) in [4.78, 5) is 12.5. The van der Waals surface area contributed by atoms with Crippen LogP contribution in [0.25, 0.3) is 0 Å². The van der Waals surface area contributed by atoms with E-state index in [0.29, 0.717) is 32.2 Å². The first-order valence-corrected chi connectivity index (χ1v) is 8.79. The number of sulfonamides is 1. The van der Waals surface area contributed by atoms with Crippen LogP contribution in [0.4, 0.5) is 5.69 Å². The van der Waals surface area contributed by atoms with Crippen LogP contribution in [0.3, 0.4) is 0 Å². The van der Waals surface area contributed by atoms with Crippen LogP contribution >= 0.6 is 0 Å². The molecule has 22 heavy (non-hydrogen) atoms. The maximum absolute atomic E-state index is 12.6. The average Bonchev–Trinajstić information content (AvgIpc) is 2.54. The zero-order valence-electron chi connectivity index (χ0n) is 12.8. The molecule has 1 aromatic carbocycles. The van der Waals surface area contributed by atoms with Gasteiger partial charge in [0.15, 0.2) is 0 Å². The normalized spacial score (nSPS) is 19.0. The lowest BCUT2D eigenvalue weighted by molar-refractivity contribution is -0.384. The van der Waals surface area contributed by atoms with Crippen molar-refractivity contribution < 1.29 is 13.3 Å². The molecular weight excluding hydrogens is 306 g/mol. The van der Waals surface area contributed by atoms with E-state index >= 15 is 0 Å². The van der Waals surface area contributed by atoms with Crippen LogP contribution in [-0.2, 0) is 10.0 Å². The van der Waals surface area contributed by atoms with Crippen molar-refractivity contribution in [1.82, 2.24) is 9.21 Å². The number of nitrogens with zero attached hydrogens (tertiary/aromatic N) is 3. The maximum atomic E-state index is 12.6. The molecule has 2 rings (SSSR count). The molecular formula is C14H21N3O4S. The van der Waals surface area contributed by atoms with Crippen LogP contribution in [0.1, 0.15) is 20.3 Å². The van der Waals surface area contributed by atoms with Gasteiger partial charge in [-0.2, -0.15) is 4.31 Å². The number of rotatable bonds is 5. The lowest BCUT2D eigenvalue weighted by Gasteiger charge is -2.37. The van der Waals surface area contributed by atoms with Crippen molar-refractivity contribution in [3.63, 3.8) is 0 Å². The quantitative estimate of drug-likeness (QED) is 0.607. The summed E-state index contributed by atoms with van der Waals surface area (Å²) >= 11 is 0. The predicted octanol–water partition coefficient (Wildman–Crippen LogP) is 1.70. The third-order valence-corrected chi connectivity index (χ3v) is 6.09. The van der Waals surface area contributed by atoms with Crippen molar-refractivity contribution in [2.75, 3.05) is 26.2 Å². The fourth-order valence-electron chi connectivity index (χ4n) is 2.53. The lowest BCUT2D eigenvalue weighted by Crippen LogP contribution is -2.51. The van der Waals surface area contributed by atoms with Gasteiger partial charge in [0.05, 0.1) is 9.82 Å². The molecule has 0 N–H and O–H groups in total. The van der Waals surface area contributed by atoms with Crippen LogP contribution in [0.2, 0.25) is 0 Å². The van der Waals surface area contributed by atoms with E-state index in [1.165, 1.54) is 28.6 Å². The minimum Gasteiger partial charge on any atom is -0.298 e. The fraction of sp³-hybridized carbons (Fsp3) is 0.571. The molecule has 0 aromatic heterocycles. The van der Waals surface area contributed by atoms with Crippen molar-refractivity contribution in [3.8, 4) is 0 Å². The second-order valence-electron chi connectivity index (χ2n) is 5.45. The summed E-state index contributed by atoms with van der Waals surface area (Å²) in [6, 6.07) is 5.50. The van der Waals surface area contributed by atoms with Gasteiger partial charge in [0, 0.05) is 44.4 Å². The second kappa shape index (κ2) is 6.72. The zero-order chi connectivity index (χ0) is 16.3. The molecule has 1 fully saturated rings. The Morgan fingerprint density at radius 1 is 1.18 bits per heavy atom. The third kappa shape index (κ3) is 3.45. The molecule has 0 radical (unpaired) electrons. The van der Waals surface area contributed by atoms with Gasteiger partial charge in [0.25, 0.3) is 5.69 Å². The van der Waals surface area contributed by atoms with Crippen molar-refractivity contribution in [3.05, 3.63) is 34.4 Å². The van der Waals surface area contributed by atoms with E-state index in [-0.39, 0.29) is 10.6 Å². The molecule has 0 amide bonds. The highest BCUT2D eigenvalue weighted by Crippen LogP contribution is 2.21. The van der Waals surface area contributed by atoms with Gasteiger partial charge in [0.1, 0.15) is 0 Å². The van der Waals surface area contributed by atoms with Gasteiger partial charge in [-0.25, -0.2) is 8.42 Å². The van der Waals surface area contributed by atoms with E-state index in [9.17, 15) is 18.5 Å². The van der Waals surface area contributed by atoms with Gasteiger partial charge >= 0.3 is 0 Å². The Morgan fingerprint density at radius 3 is 2.18 bits per heavy atom. The predicted molar refractivity (Wildman–Crippen MR) is 83.2 cm³/mol. The molecule has 1 aliphatic heterocycles. The summed E-state index contributed by atoms with van der Waals surface area (Å²) < 4.78 is 26.6. The van der Waals surface area contributed by atoms with Crippen molar-refractivity contribution in [2.24, 2.45) is 0 Å². The fourth-order valence-corrected chi connectivity index (χ4v) is 3.95. The average molecular weight is 327 g/mol. The van der Waals surface area contributed by atoms with E-state index in [1.54, 1.807) is 0 Å². The molecule has 122 valence electrons. The summed E-state index contributed by atoms with van der Waals surface area (Å²) in [5.41, 5.74) is -0.111. The Labute approximate surface area is 130 Å². The molecule has 1 atom stereocenters. The SMILES string of the molecule is CC[C@H](C)N1CCN(S(=O)(=O)c2ccc([N+](=O)[O-])cc2)CC1. The number of hydrogen-bond acceptors (Lipinski definition) is 5. The van der Waals surface area contributed by atoms with Gasteiger partial charge in [-0.05, 0) is 25.5 Å². The first-order chi connectivity index (χ1) is 10.4. The highest BCUT2D eigenvalue weighted by Gasteiger charge is 2.29. The molecule has 1 aliphatic rings. The Balaban J connectivity index is 2.10. The molecule has 0 aliphatic carbocycles. The molecule has 0 spiro atoms. The molecule has 1 aromatic rings. The highest BCUT2D eigenvalue weighted by molar-refractivity contribution is 7.89. The number of nitro benzene ring substituents is 1. The van der Waals surface area contributed by atoms with Crippen molar-refractivity contribution >= 4 is 15.7 Å². The number of non-ortho nitro benzene ring substituents is 1. The molecule has 0 saturated carbocycles. The van der Waals surface area contributed by atoms with E-state index in [1.807, 2.05) is 0 Å². The Bertz CT molecular complexity index is 622. The van der Waals surface area contributed by atoms with Crippen LogP contribution < -0.4 is 0 Å². The monoisotopic (exact) mass is 327 g/mol. The van der Waals surface area contributed by atoms with Crippen LogP contribution in [0, 0.1) is 10.1 Å². The largest absolute Gasteiger partial charge is 0.298 e. The van der Waals surface area contributed by atoms with Gasteiger partial charge in [-0.15, -0.1) is 0 Å². The van der Waals surface area contributed by atoms with E-state index in [4.69, 9.17) is 0 Å². The van der Waals surface area contributed by atoms with Crippen LogP contribution in [0.15, 0.2) is 29.2 Å². The summed E-state index contributed by atoms with van der Waals surface area (Å²) in [6.07, 6.45) is 1.04. The number of piperazine rings is 1. The summed E-state index contributed by atoms with van der Waals surface area (Å²) in [7, 11) is -3.58. The first kappa shape index (κ1) is 16.9. The van der Waals surface area contributed by atoms with Crippen LogP contribution in [0.5, 0.6) is 0 Å². The molecule has 1 heterocycles. The molecule has 0 bridgehead atoms. The number of nitro groups is 1. The lowest BCUT2D eigenvalue weighted by atomic mass is 10.2. The van der Waals surface area contributed by atoms with Crippen molar-refractivity contribution in [1.29, 1.82) is 0 Å². The number of benzene rings is 1. The highest BCUT2D eigenvalue weighted by atomic mass is 32.2. The van der Waals surface area contributed by atoms with E-state index in [0.717, 1.165) is 6.42 Å². The van der Waals surface area contributed by atoms with Crippen LogP contribution in [-0.4, -0.2) is 54.8 Å². The minimum absolute atomic E-state index is 0.107. The summed E-state index contributed by atoms with van der Waals surface area (Å²) in [5, 5.41) is 10.6. The zero-order valence-corrected chi connectivity index (χ0v) is 13.6.